The first-order valence-corrected chi connectivity index (χ1v) is 10.7. The van der Waals surface area contributed by atoms with Crippen molar-refractivity contribution >= 4 is 29.2 Å². The summed E-state index contributed by atoms with van der Waals surface area (Å²) in [6, 6.07) is 3.43. The number of imide groups is 1. The molecule has 27 heavy (non-hydrogen) atoms. The predicted molar refractivity (Wildman–Crippen MR) is 105 cm³/mol. The van der Waals surface area contributed by atoms with Crippen LogP contribution in [0.4, 0.5) is 4.79 Å². The van der Waals surface area contributed by atoms with Gasteiger partial charge in [0.25, 0.3) is 5.91 Å². The van der Waals surface area contributed by atoms with Crippen molar-refractivity contribution in [2.75, 3.05) is 6.54 Å². The second kappa shape index (κ2) is 8.00. The SMILES string of the molecule is CC(C)CC(NC(=O)CN1C(=O)NC2(CCCCC2C)C1=O)c1cccs1. The molecule has 1 aliphatic carbocycles. The molecule has 4 amide bonds. The molecule has 2 N–H and O–H groups in total. The van der Waals surface area contributed by atoms with Gasteiger partial charge < -0.3 is 10.6 Å². The zero-order chi connectivity index (χ0) is 19.6. The number of rotatable bonds is 6. The van der Waals surface area contributed by atoms with Crippen molar-refractivity contribution in [3.8, 4) is 0 Å². The van der Waals surface area contributed by atoms with Crippen LogP contribution < -0.4 is 10.6 Å². The Bertz CT molecular complexity index is 703. The Labute approximate surface area is 164 Å². The Kier molecular flexibility index (Phi) is 5.89. The summed E-state index contributed by atoms with van der Waals surface area (Å²) in [4.78, 5) is 40.3. The minimum Gasteiger partial charge on any atom is -0.347 e. The van der Waals surface area contributed by atoms with E-state index in [1.165, 1.54) is 0 Å². The van der Waals surface area contributed by atoms with E-state index in [-0.39, 0.29) is 30.3 Å². The average Bonchev–Trinajstić information content (AvgIpc) is 3.21. The number of carbonyl (C=O) groups excluding carboxylic acids is 3. The van der Waals surface area contributed by atoms with Gasteiger partial charge in [0.05, 0.1) is 6.04 Å². The summed E-state index contributed by atoms with van der Waals surface area (Å²) in [5, 5.41) is 7.90. The van der Waals surface area contributed by atoms with E-state index in [4.69, 9.17) is 0 Å². The van der Waals surface area contributed by atoms with Gasteiger partial charge in [-0.25, -0.2) is 4.79 Å². The lowest BCUT2D eigenvalue weighted by Crippen LogP contribution is -2.54. The molecule has 0 aromatic carbocycles. The van der Waals surface area contributed by atoms with E-state index in [1.54, 1.807) is 11.3 Å². The molecule has 1 aromatic heterocycles. The van der Waals surface area contributed by atoms with Crippen molar-refractivity contribution in [3.63, 3.8) is 0 Å². The summed E-state index contributed by atoms with van der Waals surface area (Å²) < 4.78 is 0. The third kappa shape index (κ3) is 4.03. The number of urea groups is 1. The second-order valence-electron chi connectivity index (χ2n) is 8.20. The van der Waals surface area contributed by atoms with Gasteiger partial charge in [0.1, 0.15) is 12.1 Å². The highest BCUT2D eigenvalue weighted by atomic mass is 32.1. The summed E-state index contributed by atoms with van der Waals surface area (Å²) in [5.41, 5.74) is -0.819. The van der Waals surface area contributed by atoms with Gasteiger partial charge in [0.15, 0.2) is 0 Å². The van der Waals surface area contributed by atoms with Crippen LogP contribution in [0.3, 0.4) is 0 Å². The first-order chi connectivity index (χ1) is 12.8. The number of nitrogens with one attached hydrogen (secondary N) is 2. The molecule has 148 valence electrons. The Hall–Kier alpha value is -1.89. The Morgan fingerprint density at radius 3 is 2.81 bits per heavy atom. The van der Waals surface area contributed by atoms with Crippen molar-refractivity contribution in [1.29, 1.82) is 0 Å². The van der Waals surface area contributed by atoms with Crippen LogP contribution in [0.2, 0.25) is 0 Å². The zero-order valence-electron chi connectivity index (χ0n) is 16.3. The van der Waals surface area contributed by atoms with Crippen molar-refractivity contribution in [1.82, 2.24) is 15.5 Å². The number of carbonyl (C=O) groups is 3. The van der Waals surface area contributed by atoms with E-state index >= 15 is 0 Å². The Morgan fingerprint density at radius 1 is 1.41 bits per heavy atom. The van der Waals surface area contributed by atoms with E-state index < -0.39 is 11.6 Å². The third-order valence-corrected chi connectivity index (χ3v) is 6.72. The first kappa shape index (κ1) is 19.9. The number of nitrogens with zero attached hydrogens (tertiary/aromatic N) is 1. The van der Waals surface area contributed by atoms with Gasteiger partial charge in [-0.15, -0.1) is 11.3 Å². The monoisotopic (exact) mass is 391 g/mol. The molecular weight excluding hydrogens is 362 g/mol. The van der Waals surface area contributed by atoms with E-state index in [0.29, 0.717) is 12.3 Å². The topological polar surface area (TPSA) is 78.5 Å². The average molecular weight is 392 g/mol. The van der Waals surface area contributed by atoms with E-state index in [9.17, 15) is 14.4 Å². The molecule has 1 aliphatic heterocycles. The Balaban J connectivity index is 1.68. The highest BCUT2D eigenvalue weighted by Gasteiger charge is 2.55. The molecule has 3 atom stereocenters. The van der Waals surface area contributed by atoms with Gasteiger partial charge in [-0.1, -0.05) is 39.7 Å². The van der Waals surface area contributed by atoms with Crippen LogP contribution >= 0.6 is 11.3 Å². The lowest BCUT2D eigenvalue weighted by molar-refractivity contribution is -0.137. The lowest BCUT2D eigenvalue weighted by Gasteiger charge is -2.36. The molecule has 3 unspecified atom stereocenters. The van der Waals surface area contributed by atoms with Crippen LogP contribution in [0, 0.1) is 11.8 Å². The van der Waals surface area contributed by atoms with Crippen molar-refractivity contribution in [2.24, 2.45) is 11.8 Å². The third-order valence-electron chi connectivity index (χ3n) is 5.73. The van der Waals surface area contributed by atoms with Gasteiger partial charge in [0, 0.05) is 4.88 Å². The number of thiophene rings is 1. The first-order valence-electron chi connectivity index (χ1n) is 9.80. The van der Waals surface area contributed by atoms with E-state index in [0.717, 1.165) is 35.5 Å². The fourth-order valence-electron chi connectivity index (χ4n) is 4.23. The fourth-order valence-corrected chi connectivity index (χ4v) is 5.02. The fraction of sp³-hybridized carbons (Fsp3) is 0.650. The van der Waals surface area contributed by atoms with Crippen LogP contribution in [-0.4, -0.2) is 34.8 Å². The predicted octanol–water partition coefficient (Wildman–Crippen LogP) is 3.45. The van der Waals surface area contributed by atoms with E-state index in [1.807, 2.05) is 24.4 Å². The smallest absolute Gasteiger partial charge is 0.325 e. The minimum absolute atomic E-state index is 0.0931. The zero-order valence-corrected chi connectivity index (χ0v) is 17.1. The van der Waals surface area contributed by atoms with E-state index in [2.05, 4.69) is 24.5 Å². The molecule has 1 saturated carbocycles. The quantitative estimate of drug-likeness (QED) is 0.729. The normalized spacial score (nSPS) is 26.5. The number of hydrogen-bond acceptors (Lipinski definition) is 4. The van der Waals surface area contributed by atoms with Gasteiger partial charge >= 0.3 is 6.03 Å². The summed E-state index contributed by atoms with van der Waals surface area (Å²) in [6.45, 7) is 6.01. The van der Waals surface area contributed by atoms with Gasteiger partial charge in [0.2, 0.25) is 5.91 Å². The van der Waals surface area contributed by atoms with Gasteiger partial charge in [-0.05, 0) is 42.5 Å². The molecule has 2 heterocycles. The summed E-state index contributed by atoms with van der Waals surface area (Å²) in [5.74, 6) is -0.0273. The Morgan fingerprint density at radius 2 is 2.19 bits per heavy atom. The molecular formula is C20H29N3O3S. The largest absolute Gasteiger partial charge is 0.347 e. The number of amides is 4. The lowest BCUT2D eigenvalue weighted by atomic mass is 9.73. The maximum atomic E-state index is 13.0. The molecule has 1 aromatic rings. The second-order valence-corrected chi connectivity index (χ2v) is 9.18. The van der Waals surface area contributed by atoms with Crippen LogP contribution in [0.15, 0.2) is 17.5 Å². The number of hydrogen-bond donors (Lipinski definition) is 2. The van der Waals surface area contributed by atoms with Gasteiger partial charge in [-0.2, -0.15) is 0 Å². The highest BCUT2D eigenvalue weighted by molar-refractivity contribution is 7.10. The van der Waals surface area contributed by atoms with Gasteiger partial charge in [-0.3, -0.25) is 14.5 Å². The van der Waals surface area contributed by atoms with Crippen molar-refractivity contribution in [3.05, 3.63) is 22.4 Å². The van der Waals surface area contributed by atoms with Crippen LogP contribution in [0.5, 0.6) is 0 Å². The van der Waals surface area contributed by atoms with Crippen LogP contribution in [0.1, 0.15) is 63.8 Å². The van der Waals surface area contributed by atoms with Crippen molar-refractivity contribution in [2.45, 2.75) is 64.5 Å². The maximum absolute atomic E-state index is 13.0. The van der Waals surface area contributed by atoms with Crippen LogP contribution in [-0.2, 0) is 9.59 Å². The van der Waals surface area contributed by atoms with Crippen molar-refractivity contribution < 1.29 is 14.4 Å². The highest BCUT2D eigenvalue weighted by Crippen LogP contribution is 2.38. The molecule has 2 fully saturated rings. The summed E-state index contributed by atoms with van der Waals surface area (Å²) >= 11 is 1.60. The molecule has 3 rings (SSSR count). The molecule has 2 aliphatic rings. The molecule has 1 spiro atoms. The minimum atomic E-state index is -0.819. The summed E-state index contributed by atoms with van der Waals surface area (Å²) in [6.07, 6.45) is 4.38. The summed E-state index contributed by atoms with van der Waals surface area (Å²) in [7, 11) is 0. The molecule has 0 bridgehead atoms. The standard InChI is InChI=1S/C20H29N3O3S/c1-13(2)11-15(16-8-6-10-27-16)21-17(24)12-23-18(25)20(22-19(23)26)9-5-4-7-14(20)3/h6,8,10,13-15H,4-5,7,9,11-12H2,1-3H3,(H,21,24)(H,22,26). The molecule has 0 radical (unpaired) electrons. The molecule has 7 heteroatoms. The molecule has 6 nitrogen and oxygen atoms in total. The maximum Gasteiger partial charge on any atom is 0.325 e. The molecule has 1 saturated heterocycles. The van der Waals surface area contributed by atoms with Crippen LogP contribution in [0.25, 0.3) is 0 Å².